The summed E-state index contributed by atoms with van der Waals surface area (Å²) in [6, 6.07) is 10.6. The summed E-state index contributed by atoms with van der Waals surface area (Å²) in [7, 11) is 0. The molecule has 12 nitrogen and oxygen atoms in total. The van der Waals surface area contributed by atoms with E-state index >= 15 is 0 Å². The van der Waals surface area contributed by atoms with Gasteiger partial charge in [-0.3, -0.25) is 14.4 Å². The Bertz CT molecular complexity index is 1250. The molecule has 4 atom stereocenters. The molecule has 0 aliphatic carbocycles. The van der Waals surface area contributed by atoms with Gasteiger partial charge >= 0.3 is 5.97 Å². The number of nitrogens with two attached hydrogens (primary N) is 1. The molecule has 0 spiro atoms. The molecule has 206 valence electrons. The van der Waals surface area contributed by atoms with Crippen molar-refractivity contribution < 1.29 is 29.4 Å². The molecule has 8 N–H and O–H groups in total. The number of aromatic nitrogens is 2. The van der Waals surface area contributed by atoms with Crippen LogP contribution in [0.2, 0.25) is 0 Å². The van der Waals surface area contributed by atoms with Gasteiger partial charge in [-0.25, -0.2) is 9.78 Å². The van der Waals surface area contributed by atoms with Crippen LogP contribution in [0.1, 0.15) is 23.7 Å². The van der Waals surface area contributed by atoms with Gasteiger partial charge in [0.2, 0.25) is 17.7 Å². The standard InChI is InChI=1S/C27H32N6O6/c1-16(28)24(35)31-21(11-17-5-3-2-4-6-17)25(36)32-22(12-18-7-9-20(34)10-8-18)26(37)33-23(27(38)39)13-19-14-29-15-30-19/h2-10,14-16,21-23,34H,11-13,28H2,1H3,(H,29,30)(H,31,35)(H,32,36)(H,33,37)(H,38,39). The lowest BCUT2D eigenvalue weighted by Crippen LogP contribution is -2.58. The Morgan fingerprint density at radius 2 is 1.36 bits per heavy atom. The van der Waals surface area contributed by atoms with Crippen LogP contribution in [-0.4, -0.2) is 68.0 Å². The summed E-state index contributed by atoms with van der Waals surface area (Å²) in [6.07, 6.45) is 2.92. The lowest BCUT2D eigenvalue weighted by atomic mass is 10.0. The number of nitrogens with zero attached hydrogens (tertiary/aromatic N) is 1. The highest BCUT2D eigenvalue weighted by Crippen LogP contribution is 2.13. The second-order valence-corrected chi connectivity index (χ2v) is 9.15. The Morgan fingerprint density at radius 3 is 1.87 bits per heavy atom. The number of nitrogens with one attached hydrogen (secondary N) is 4. The Labute approximate surface area is 225 Å². The summed E-state index contributed by atoms with van der Waals surface area (Å²) in [6.45, 7) is 1.49. The van der Waals surface area contributed by atoms with Crippen molar-refractivity contribution in [1.29, 1.82) is 0 Å². The van der Waals surface area contributed by atoms with Gasteiger partial charge in [0.05, 0.1) is 12.4 Å². The number of rotatable bonds is 13. The number of hydrogen-bond donors (Lipinski definition) is 7. The number of benzene rings is 2. The number of phenols is 1. The Kier molecular flexibility index (Phi) is 10.2. The first-order valence-electron chi connectivity index (χ1n) is 12.3. The molecule has 1 aromatic heterocycles. The quantitative estimate of drug-likeness (QED) is 0.159. The average molecular weight is 537 g/mol. The molecule has 0 saturated carbocycles. The van der Waals surface area contributed by atoms with Crippen molar-refractivity contribution in [3.05, 3.63) is 83.9 Å². The van der Waals surface area contributed by atoms with Crippen LogP contribution in [0, 0.1) is 0 Å². The van der Waals surface area contributed by atoms with Crippen molar-refractivity contribution in [2.45, 2.75) is 50.4 Å². The predicted molar refractivity (Wildman–Crippen MR) is 141 cm³/mol. The molecule has 0 aliphatic rings. The van der Waals surface area contributed by atoms with Gasteiger partial charge in [-0.1, -0.05) is 42.5 Å². The number of carboxylic acids is 1. The van der Waals surface area contributed by atoms with Gasteiger partial charge in [-0.15, -0.1) is 0 Å². The fraction of sp³-hybridized carbons (Fsp3) is 0.296. The number of carbonyl (C=O) groups is 4. The first-order chi connectivity index (χ1) is 18.6. The van der Waals surface area contributed by atoms with E-state index in [1.54, 1.807) is 36.4 Å². The molecule has 3 aromatic rings. The van der Waals surface area contributed by atoms with E-state index in [1.165, 1.54) is 31.6 Å². The van der Waals surface area contributed by atoms with Crippen molar-refractivity contribution in [2.75, 3.05) is 0 Å². The topological polar surface area (TPSA) is 200 Å². The molecule has 3 amide bonds. The van der Waals surface area contributed by atoms with Crippen LogP contribution in [-0.2, 0) is 38.4 Å². The maximum Gasteiger partial charge on any atom is 0.326 e. The van der Waals surface area contributed by atoms with E-state index in [-0.39, 0.29) is 25.0 Å². The second kappa shape index (κ2) is 13.7. The minimum Gasteiger partial charge on any atom is -0.508 e. The summed E-state index contributed by atoms with van der Waals surface area (Å²) >= 11 is 0. The molecule has 0 aliphatic heterocycles. The number of aliphatic carboxylic acids is 1. The molecule has 1 heterocycles. The van der Waals surface area contributed by atoms with Gasteiger partial charge < -0.3 is 36.9 Å². The molecular formula is C27H32N6O6. The molecule has 39 heavy (non-hydrogen) atoms. The lowest BCUT2D eigenvalue weighted by molar-refractivity contribution is -0.142. The summed E-state index contributed by atoms with van der Waals surface area (Å²) in [5.41, 5.74) is 7.57. The van der Waals surface area contributed by atoms with Crippen molar-refractivity contribution in [3.8, 4) is 5.75 Å². The van der Waals surface area contributed by atoms with Crippen LogP contribution < -0.4 is 21.7 Å². The van der Waals surface area contributed by atoms with Crippen molar-refractivity contribution in [1.82, 2.24) is 25.9 Å². The van der Waals surface area contributed by atoms with Crippen LogP contribution in [0.4, 0.5) is 0 Å². The molecule has 3 rings (SSSR count). The van der Waals surface area contributed by atoms with Crippen molar-refractivity contribution >= 4 is 23.7 Å². The molecule has 0 saturated heterocycles. The SMILES string of the molecule is CC(N)C(=O)NC(Cc1ccccc1)C(=O)NC(Cc1ccc(O)cc1)C(=O)NC(Cc1cnc[nH]1)C(=O)O. The van der Waals surface area contributed by atoms with Gasteiger partial charge in [-0.2, -0.15) is 0 Å². The second-order valence-electron chi connectivity index (χ2n) is 9.15. The van der Waals surface area contributed by atoms with Crippen LogP contribution >= 0.6 is 0 Å². The fourth-order valence-corrected chi connectivity index (χ4v) is 3.80. The number of aromatic amines is 1. The van der Waals surface area contributed by atoms with Gasteiger partial charge in [0.15, 0.2) is 0 Å². The van der Waals surface area contributed by atoms with E-state index < -0.39 is 47.9 Å². The Hall–Kier alpha value is -4.71. The minimum atomic E-state index is -1.30. The lowest BCUT2D eigenvalue weighted by Gasteiger charge is -2.25. The van der Waals surface area contributed by atoms with Gasteiger partial charge in [0.25, 0.3) is 0 Å². The number of aromatic hydroxyl groups is 1. The summed E-state index contributed by atoms with van der Waals surface area (Å²) in [5, 5.41) is 27.1. The molecule has 4 unspecified atom stereocenters. The van der Waals surface area contributed by atoms with Gasteiger partial charge in [0.1, 0.15) is 23.9 Å². The normalized spacial score (nSPS) is 13.9. The number of phenolic OH excluding ortho intramolecular Hbond substituents is 1. The maximum atomic E-state index is 13.4. The number of hydrogen-bond acceptors (Lipinski definition) is 7. The van der Waals surface area contributed by atoms with E-state index in [9.17, 15) is 29.4 Å². The highest BCUT2D eigenvalue weighted by Gasteiger charge is 2.30. The number of imidazole rings is 1. The summed E-state index contributed by atoms with van der Waals surface area (Å²) in [4.78, 5) is 57.7. The molecule has 2 aromatic carbocycles. The smallest absolute Gasteiger partial charge is 0.326 e. The van der Waals surface area contributed by atoms with Crippen LogP contribution in [0.15, 0.2) is 67.1 Å². The van der Waals surface area contributed by atoms with Gasteiger partial charge in [0, 0.05) is 31.2 Å². The average Bonchev–Trinajstić information content (AvgIpc) is 3.42. The Morgan fingerprint density at radius 1 is 0.821 bits per heavy atom. The van der Waals surface area contributed by atoms with Crippen LogP contribution in [0.5, 0.6) is 5.75 Å². The van der Waals surface area contributed by atoms with Crippen molar-refractivity contribution in [2.24, 2.45) is 5.73 Å². The van der Waals surface area contributed by atoms with E-state index in [1.807, 2.05) is 6.07 Å². The summed E-state index contributed by atoms with van der Waals surface area (Å²) < 4.78 is 0. The predicted octanol–water partition coefficient (Wildman–Crippen LogP) is 0.0294. The third kappa shape index (κ3) is 8.97. The third-order valence-corrected chi connectivity index (χ3v) is 5.93. The first kappa shape index (κ1) is 28.9. The summed E-state index contributed by atoms with van der Waals surface area (Å²) in [5.74, 6) is -3.17. The number of amides is 3. The van der Waals surface area contributed by atoms with E-state index in [2.05, 4.69) is 25.9 Å². The molecule has 0 bridgehead atoms. The molecule has 12 heteroatoms. The van der Waals surface area contributed by atoms with E-state index in [0.29, 0.717) is 11.3 Å². The number of carboxylic acid groups (broad SMARTS) is 1. The monoisotopic (exact) mass is 536 g/mol. The molecular weight excluding hydrogens is 504 g/mol. The van der Waals surface area contributed by atoms with Crippen LogP contribution in [0.3, 0.4) is 0 Å². The molecule has 0 radical (unpaired) electrons. The zero-order valence-electron chi connectivity index (χ0n) is 21.3. The molecule has 0 fully saturated rings. The largest absolute Gasteiger partial charge is 0.508 e. The Balaban J connectivity index is 1.83. The minimum absolute atomic E-state index is 0.00640. The highest BCUT2D eigenvalue weighted by molar-refractivity contribution is 5.94. The van der Waals surface area contributed by atoms with Gasteiger partial charge in [-0.05, 0) is 30.2 Å². The third-order valence-electron chi connectivity index (χ3n) is 5.93. The highest BCUT2D eigenvalue weighted by atomic mass is 16.4. The maximum absolute atomic E-state index is 13.4. The zero-order chi connectivity index (χ0) is 28.4. The van der Waals surface area contributed by atoms with E-state index in [0.717, 1.165) is 5.56 Å². The number of carbonyl (C=O) groups excluding carboxylic acids is 3. The fourth-order valence-electron chi connectivity index (χ4n) is 3.80. The van der Waals surface area contributed by atoms with E-state index in [4.69, 9.17) is 5.73 Å². The number of H-pyrrole nitrogens is 1. The van der Waals surface area contributed by atoms with Crippen LogP contribution in [0.25, 0.3) is 0 Å². The first-order valence-corrected chi connectivity index (χ1v) is 12.3. The van der Waals surface area contributed by atoms with Crippen molar-refractivity contribution in [3.63, 3.8) is 0 Å². The zero-order valence-corrected chi connectivity index (χ0v) is 21.3.